The minimum absolute atomic E-state index is 0.0805. The lowest BCUT2D eigenvalue weighted by Crippen LogP contribution is -2.26. The number of aromatic nitrogens is 5. The molecule has 1 N–H and O–H groups in total. The van der Waals surface area contributed by atoms with Gasteiger partial charge in [0.25, 0.3) is 5.56 Å². The van der Waals surface area contributed by atoms with Crippen LogP contribution in [0.15, 0.2) is 102 Å². The lowest BCUT2D eigenvalue weighted by atomic mass is 9.98. The largest absolute Gasteiger partial charge is 0.360 e. The van der Waals surface area contributed by atoms with Crippen molar-refractivity contribution in [1.29, 1.82) is 0 Å². The number of anilines is 1. The number of fused-ring (bicyclic) bond motifs is 2. The van der Waals surface area contributed by atoms with Crippen LogP contribution >= 0.6 is 0 Å². The Morgan fingerprint density at radius 1 is 0.838 bits per heavy atom. The lowest BCUT2D eigenvalue weighted by molar-refractivity contribution is 0.774. The molecule has 2 aromatic carbocycles. The lowest BCUT2D eigenvalue weighted by Gasteiger charge is -2.22. The highest BCUT2D eigenvalue weighted by Gasteiger charge is 2.20. The van der Waals surface area contributed by atoms with E-state index >= 15 is 0 Å². The molecule has 0 spiro atoms. The summed E-state index contributed by atoms with van der Waals surface area (Å²) in [7, 11) is 0. The molecule has 4 heterocycles. The molecule has 0 saturated heterocycles. The number of nitrogens with zero attached hydrogens (tertiary/aromatic N) is 5. The zero-order valence-electron chi connectivity index (χ0n) is 20.5. The molecule has 37 heavy (non-hydrogen) atoms. The molecule has 0 unspecified atom stereocenters. The fraction of sp³-hybridized carbons (Fsp3) is 0.100. The molecule has 4 aromatic heterocycles. The van der Waals surface area contributed by atoms with Gasteiger partial charge < -0.3 is 5.32 Å². The van der Waals surface area contributed by atoms with Crippen molar-refractivity contribution in [1.82, 2.24) is 24.5 Å². The number of hydrogen-bond acceptors (Lipinski definition) is 6. The molecule has 7 nitrogen and oxygen atoms in total. The van der Waals surface area contributed by atoms with Crippen LogP contribution in [0.1, 0.15) is 24.4 Å². The van der Waals surface area contributed by atoms with E-state index in [-0.39, 0.29) is 11.6 Å². The van der Waals surface area contributed by atoms with Crippen molar-refractivity contribution in [3.63, 3.8) is 0 Å². The van der Waals surface area contributed by atoms with Gasteiger partial charge in [-0.05, 0) is 72.8 Å². The van der Waals surface area contributed by atoms with Crippen molar-refractivity contribution >= 4 is 27.6 Å². The fourth-order valence-corrected chi connectivity index (χ4v) is 4.78. The van der Waals surface area contributed by atoms with Crippen LogP contribution in [0.25, 0.3) is 38.6 Å². The van der Waals surface area contributed by atoms with E-state index in [4.69, 9.17) is 0 Å². The molecule has 1 atom stereocenters. The van der Waals surface area contributed by atoms with Gasteiger partial charge >= 0.3 is 0 Å². The van der Waals surface area contributed by atoms with Crippen molar-refractivity contribution < 1.29 is 0 Å². The maximum absolute atomic E-state index is 14.3. The molecular weight excluding hydrogens is 460 g/mol. The van der Waals surface area contributed by atoms with Gasteiger partial charge in [0.15, 0.2) is 5.82 Å². The molecule has 0 fully saturated rings. The van der Waals surface area contributed by atoms with Crippen molar-refractivity contribution in [2.24, 2.45) is 0 Å². The van der Waals surface area contributed by atoms with Gasteiger partial charge in [-0.3, -0.25) is 19.3 Å². The van der Waals surface area contributed by atoms with Crippen LogP contribution in [-0.4, -0.2) is 24.5 Å². The molecule has 6 rings (SSSR count). The Labute approximate surface area is 213 Å². The number of nitrogens with one attached hydrogen (secondary N) is 1. The highest BCUT2D eigenvalue weighted by atomic mass is 16.1. The quantitative estimate of drug-likeness (QED) is 0.329. The number of rotatable bonds is 5. The first-order valence-electron chi connectivity index (χ1n) is 12.1. The molecule has 0 amide bonds. The Morgan fingerprint density at radius 2 is 1.70 bits per heavy atom. The van der Waals surface area contributed by atoms with Crippen LogP contribution in [0.5, 0.6) is 0 Å². The van der Waals surface area contributed by atoms with E-state index in [0.29, 0.717) is 16.7 Å². The maximum atomic E-state index is 14.3. The normalized spacial score (nSPS) is 12.1. The number of aryl methyl sites for hydroxylation is 1. The zero-order chi connectivity index (χ0) is 25.4. The van der Waals surface area contributed by atoms with E-state index in [1.807, 2.05) is 86.6 Å². The monoisotopic (exact) mass is 484 g/mol. The third kappa shape index (κ3) is 4.10. The smallest absolute Gasteiger partial charge is 0.263 e. The number of para-hydroxylation sites is 1. The Balaban J connectivity index is 1.57. The van der Waals surface area contributed by atoms with Crippen molar-refractivity contribution in [3.05, 3.63) is 119 Å². The van der Waals surface area contributed by atoms with E-state index in [2.05, 4.69) is 31.3 Å². The Morgan fingerprint density at radius 3 is 2.54 bits per heavy atom. The van der Waals surface area contributed by atoms with Gasteiger partial charge in [0.05, 0.1) is 16.9 Å². The van der Waals surface area contributed by atoms with Gasteiger partial charge in [-0.25, -0.2) is 9.97 Å². The summed E-state index contributed by atoms with van der Waals surface area (Å²) in [5, 5.41) is 5.02. The molecule has 6 aromatic rings. The second-order valence-electron chi connectivity index (χ2n) is 8.96. The summed E-state index contributed by atoms with van der Waals surface area (Å²) in [6.45, 7) is 3.97. The number of pyridine rings is 3. The first kappa shape index (κ1) is 22.5. The van der Waals surface area contributed by atoms with E-state index in [1.54, 1.807) is 17.0 Å². The summed E-state index contributed by atoms with van der Waals surface area (Å²) in [5.41, 5.74) is 5.72. The van der Waals surface area contributed by atoms with E-state index in [0.717, 1.165) is 39.1 Å². The van der Waals surface area contributed by atoms with Crippen LogP contribution in [-0.2, 0) is 0 Å². The van der Waals surface area contributed by atoms with Crippen molar-refractivity contribution in [3.8, 4) is 16.8 Å². The van der Waals surface area contributed by atoms with Gasteiger partial charge in [-0.15, -0.1) is 0 Å². The van der Waals surface area contributed by atoms with Gasteiger partial charge in [0.1, 0.15) is 11.8 Å². The summed E-state index contributed by atoms with van der Waals surface area (Å²) in [4.78, 5) is 31.8. The molecule has 0 bridgehead atoms. The summed E-state index contributed by atoms with van der Waals surface area (Å²) in [6, 6.07) is 25.2. The third-order valence-electron chi connectivity index (χ3n) is 6.49. The second kappa shape index (κ2) is 9.28. The van der Waals surface area contributed by atoms with Crippen molar-refractivity contribution in [2.45, 2.75) is 19.9 Å². The fourth-order valence-electron chi connectivity index (χ4n) is 4.78. The third-order valence-corrected chi connectivity index (χ3v) is 6.49. The summed E-state index contributed by atoms with van der Waals surface area (Å²) < 4.78 is 1.79. The van der Waals surface area contributed by atoms with E-state index in [1.165, 1.54) is 6.33 Å². The Kier molecular flexibility index (Phi) is 5.65. The second-order valence-corrected chi connectivity index (χ2v) is 8.96. The standard InChI is InChI=1S/C30H24N6O/c1-19-16-21(13-15-31-19)24-11-6-8-22-17-26(36(30(37)27(22)24)23-9-4-3-5-10-23)20(2)35-29-28-25(33-18-34-29)12-7-14-32-28/h3-18,20H,1-2H3,(H,33,34,35)/t20-/m0/s1. The van der Waals surface area contributed by atoms with Gasteiger partial charge in [0, 0.05) is 29.5 Å². The topological polar surface area (TPSA) is 85.6 Å². The van der Waals surface area contributed by atoms with Gasteiger partial charge in [-0.1, -0.05) is 36.4 Å². The molecule has 0 aliphatic carbocycles. The predicted molar refractivity (Wildman–Crippen MR) is 147 cm³/mol. The average Bonchev–Trinajstić information content (AvgIpc) is 2.93. The first-order chi connectivity index (χ1) is 18.1. The highest BCUT2D eigenvalue weighted by Crippen LogP contribution is 2.30. The molecular formula is C30H24N6O. The molecule has 7 heteroatoms. The van der Waals surface area contributed by atoms with E-state index in [9.17, 15) is 4.79 Å². The molecule has 0 aliphatic rings. The van der Waals surface area contributed by atoms with Crippen LogP contribution in [0.3, 0.4) is 0 Å². The SMILES string of the molecule is Cc1cc(-c2cccc3cc([C@H](C)Nc4ncnc5cccnc45)n(-c4ccccc4)c(=O)c23)ccn1. The number of hydrogen-bond donors (Lipinski definition) is 1. The van der Waals surface area contributed by atoms with Crippen molar-refractivity contribution in [2.75, 3.05) is 5.32 Å². The summed E-state index contributed by atoms with van der Waals surface area (Å²) in [5.74, 6) is 0.617. The van der Waals surface area contributed by atoms with Gasteiger partial charge in [-0.2, -0.15) is 0 Å². The minimum Gasteiger partial charge on any atom is -0.360 e. The molecule has 180 valence electrons. The predicted octanol–water partition coefficient (Wildman–Crippen LogP) is 5.87. The summed E-state index contributed by atoms with van der Waals surface area (Å²) >= 11 is 0. The summed E-state index contributed by atoms with van der Waals surface area (Å²) in [6.07, 6.45) is 5.02. The van der Waals surface area contributed by atoms with Crippen LogP contribution < -0.4 is 10.9 Å². The molecule has 0 aliphatic heterocycles. The first-order valence-corrected chi connectivity index (χ1v) is 12.1. The highest BCUT2D eigenvalue weighted by molar-refractivity contribution is 5.96. The average molecular weight is 485 g/mol. The maximum Gasteiger partial charge on any atom is 0.263 e. The molecule has 0 radical (unpaired) electrons. The van der Waals surface area contributed by atoms with Crippen LogP contribution in [0.2, 0.25) is 0 Å². The zero-order valence-corrected chi connectivity index (χ0v) is 20.5. The Hall–Kier alpha value is -4.91. The van der Waals surface area contributed by atoms with Crippen LogP contribution in [0.4, 0.5) is 5.82 Å². The minimum atomic E-state index is -0.260. The number of benzene rings is 2. The van der Waals surface area contributed by atoms with E-state index < -0.39 is 0 Å². The van der Waals surface area contributed by atoms with Gasteiger partial charge in [0.2, 0.25) is 0 Å². The Bertz CT molecular complexity index is 1810. The molecule has 0 saturated carbocycles. The van der Waals surface area contributed by atoms with Crippen LogP contribution in [0, 0.1) is 6.92 Å².